The summed E-state index contributed by atoms with van der Waals surface area (Å²) >= 11 is 0. The van der Waals surface area contributed by atoms with E-state index in [0.717, 1.165) is 16.5 Å². The fourth-order valence-electron chi connectivity index (χ4n) is 2.10. The molecule has 0 bridgehead atoms. The average Bonchev–Trinajstić information content (AvgIpc) is 2.71. The van der Waals surface area contributed by atoms with E-state index in [4.69, 9.17) is 15.6 Å². The molecule has 5 heteroatoms. The molecule has 1 heterocycles. The molecule has 0 saturated heterocycles. The van der Waals surface area contributed by atoms with Gasteiger partial charge in [0.2, 0.25) is 0 Å². The number of aliphatic carboxylic acids is 1. The molecular formula is C13H16N2O3. The van der Waals surface area contributed by atoms with Crippen molar-refractivity contribution >= 4 is 16.9 Å². The smallest absolute Gasteiger partial charge is 0.312 e. The number of methoxy groups -OCH3 is 1. The number of hydrogen-bond donors (Lipinski definition) is 3. The Labute approximate surface area is 105 Å². The zero-order chi connectivity index (χ0) is 13.3. The lowest BCUT2D eigenvalue weighted by atomic mass is 9.97. The molecule has 5 nitrogen and oxygen atoms in total. The Kier molecular flexibility index (Phi) is 3.25. The van der Waals surface area contributed by atoms with E-state index in [2.05, 4.69) is 4.98 Å². The third-order valence-corrected chi connectivity index (χ3v) is 3.14. The third kappa shape index (κ3) is 1.93. The van der Waals surface area contributed by atoms with Crippen LogP contribution in [0.3, 0.4) is 0 Å². The minimum atomic E-state index is -0.924. The summed E-state index contributed by atoms with van der Waals surface area (Å²) in [4.78, 5) is 14.3. The van der Waals surface area contributed by atoms with E-state index >= 15 is 0 Å². The Morgan fingerprint density at radius 2 is 2.28 bits per heavy atom. The molecular weight excluding hydrogens is 232 g/mol. The van der Waals surface area contributed by atoms with Crippen LogP contribution in [-0.2, 0) is 4.79 Å². The van der Waals surface area contributed by atoms with Crippen LogP contribution in [0.4, 0.5) is 0 Å². The second-order valence-corrected chi connectivity index (χ2v) is 4.24. The number of H-pyrrole nitrogens is 1. The molecule has 4 N–H and O–H groups in total. The molecule has 0 amide bonds. The number of fused-ring (bicyclic) bond motifs is 1. The van der Waals surface area contributed by atoms with Crippen LogP contribution < -0.4 is 10.5 Å². The first-order valence-electron chi connectivity index (χ1n) is 5.67. The number of ether oxygens (including phenoxy) is 1. The minimum Gasteiger partial charge on any atom is -0.495 e. The van der Waals surface area contributed by atoms with E-state index < -0.39 is 11.9 Å². The zero-order valence-electron chi connectivity index (χ0n) is 10.4. The van der Waals surface area contributed by atoms with Crippen molar-refractivity contribution in [3.8, 4) is 5.75 Å². The van der Waals surface area contributed by atoms with Gasteiger partial charge in [-0.25, -0.2) is 0 Å². The highest BCUT2D eigenvalue weighted by Gasteiger charge is 2.20. The van der Waals surface area contributed by atoms with Crippen LogP contribution in [0, 0.1) is 6.92 Å². The van der Waals surface area contributed by atoms with Gasteiger partial charge in [0.05, 0.1) is 18.5 Å². The highest BCUT2D eigenvalue weighted by atomic mass is 16.5. The summed E-state index contributed by atoms with van der Waals surface area (Å²) < 4.78 is 5.29. The van der Waals surface area contributed by atoms with Crippen molar-refractivity contribution in [3.05, 3.63) is 29.5 Å². The van der Waals surface area contributed by atoms with Crippen molar-refractivity contribution in [3.63, 3.8) is 0 Å². The Balaban J connectivity index is 2.65. The largest absolute Gasteiger partial charge is 0.495 e. The van der Waals surface area contributed by atoms with Gasteiger partial charge in [0.1, 0.15) is 5.75 Å². The molecule has 0 spiro atoms. The van der Waals surface area contributed by atoms with Crippen LogP contribution in [0.15, 0.2) is 18.3 Å². The first-order chi connectivity index (χ1) is 8.58. The van der Waals surface area contributed by atoms with Crippen molar-refractivity contribution in [2.75, 3.05) is 13.7 Å². The van der Waals surface area contributed by atoms with Gasteiger partial charge in [0.25, 0.3) is 0 Å². The average molecular weight is 248 g/mol. The Bertz CT molecular complexity index is 589. The van der Waals surface area contributed by atoms with Gasteiger partial charge in [-0.05, 0) is 30.2 Å². The summed E-state index contributed by atoms with van der Waals surface area (Å²) in [5.41, 5.74) is 8.11. The number of carbonyl (C=O) groups is 1. The first kappa shape index (κ1) is 12.4. The second kappa shape index (κ2) is 4.70. The van der Waals surface area contributed by atoms with Gasteiger partial charge in [-0.1, -0.05) is 0 Å². The molecule has 1 atom stereocenters. The molecule has 0 fully saturated rings. The van der Waals surface area contributed by atoms with Crippen LogP contribution in [0.5, 0.6) is 5.75 Å². The van der Waals surface area contributed by atoms with E-state index in [1.807, 2.05) is 19.2 Å². The summed E-state index contributed by atoms with van der Waals surface area (Å²) in [6.07, 6.45) is 1.87. The van der Waals surface area contributed by atoms with Gasteiger partial charge < -0.3 is 20.6 Å². The van der Waals surface area contributed by atoms with Gasteiger partial charge in [-0.3, -0.25) is 4.79 Å². The number of aromatic nitrogens is 1. The molecule has 0 aliphatic heterocycles. The van der Waals surface area contributed by atoms with Crippen molar-refractivity contribution in [2.24, 2.45) is 5.73 Å². The number of carboxylic acid groups (broad SMARTS) is 1. The maximum atomic E-state index is 11.2. The zero-order valence-corrected chi connectivity index (χ0v) is 10.4. The summed E-state index contributed by atoms with van der Waals surface area (Å²) in [6.45, 7) is 2.02. The Morgan fingerprint density at radius 3 is 2.83 bits per heavy atom. The number of aryl methyl sites for hydroxylation is 1. The topological polar surface area (TPSA) is 88.3 Å². The standard InChI is InChI=1S/C13H16N2O3/c1-7-6-15-12-9(7)3-8(4-11(12)18-2)10(5-14)13(16)17/h3-4,6,10,15H,5,14H2,1-2H3,(H,16,17). The lowest BCUT2D eigenvalue weighted by Crippen LogP contribution is -2.21. The molecule has 0 aliphatic carbocycles. The molecule has 2 aromatic rings. The maximum absolute atomic E-state index is 11.2. The quantitative estimate of drug-likeness (QED) is 0.767. The molecule has 0 saturated carbocycles. The van der Waals surface area contributed by atoms with Crippen molar-refractivity contribution in [2.45, 2.75) is 12.8 Å². The normalized spacial score (nSPS) is 12.6. The molecule has 1 aromatic carbocycles. The van der Waals surface area contributed by atoms with Gasteiger partial charge in [-0.2, -0.15) is 0 Å². The van der Waals surface area contributed by atoms with Crippen LogP contribution in [-0.4, -0.2) is 29.7 Å². The molecule has 1 aromatic heterocycles. The Hall–Kier alpha value is -2.01. The number of aromatic amines is 1. The first-order valence-corrected chi connectivity index (χ1v) is 5.67. The monoisotopic (exact) mass is 248 g/mol. The number of nitrogens with two attached hydrogens (primary N) is 1. The van der Waals surface area contributed by atoms with Crippen LogP contribution in [0.25, 0.3) is 10.9 Å². The highest BCUT2D eigenvalue weighted by molar-refractivity contribution is 5.90. The lowest BCUT2D eigenvalue weighted by molar-refractivity contribution is -0.138. The number of carboxylic acids is 1. The molecule has 96 valence electrons. The van der Waals surface area contributed by atoms with Gasteiger partial charge in [-0.15, -0.1) is 0 Å². The molecule has 0 aliphatic rings. The second-order valence-electron chi connectivity index (χ2n) is 4.24. The van der Waals surface area contributed by atoms with E-state index in [1.54, 1.807) is 13.2 Å². The van der Waals surface area contributed by atoms with Crippen molar-refractivity contribution < 1.29 is 14.6 Å². The fraction of sp³-hybridized carbons (Fsp3) is 0.308. The highest BCUT2D eigenvalue weighted by Crippen LogP contribution is 2.31. The summed E-state index contributed by atoms with van der Waals surface area (Å²) in [6, 6.07) is 3.58. The predicted octanol–water partition coefficient (Wildman–Crippen LogP) is 1.61. The maximum Gasteiger partial charge on any atom is 0.312 e. The SMILES string of the molecule is COc1cc(C(CN)C(=O)O)cc2c(C)c[nH]c12. The van der Waals surface area contributed by atoms with Crippen LogP contribution in [0.1, 0.15) is 17.0 Å². The molecule has 18 heavy (non-hydrogen) atoms. The summed E-state index contributed by atoms with van der Waals surface area (Å²) in [5.74, 6) is -1.00. The number of benzene rings is 1. The summed E-state index contributed by atoms with van der Waals surface area (Å²) in [7, 11) is 1.56. The third-order valence-electron chi connectivity index (χ3n) is 3.14. The van der Waals surface area contributed by atoms with Gasteiger partial charge in [0.15, 0.2) is 0 Å². The number of rotatable bonds is 4. The molecule has 2 rings (SSSR count). The number of nitrogens with one attached hydrogen (secondary N) is 1. The van der Waals surface area contributed by atoms with Gasteiger partial charge in [0, 0.05) is 18.1 Å². The van der Waals surface area contributed by atoms with Crippen LogP contribution >= 0.6 is 0 Å². The van der Waals surface area contributed by atoms with Gasteiger partial charge >= 0.3 is 5.97 Å². The summed E-state index contributed by atoms with van der Waals surface area (Å²) in [5, 5.41) is 10.1. The molecule has 0 radical (unpaired) electrons. The van der Waals surface area contributed by atoms with E-state index in [0.29, 0.717) is 11.3 Å². The molecule has 1 unspecified atom stereocenters. The van der Waals surface area contributed by atoms with E-state index in [1.165, 1.54) is 0 Å². The fourth-order valence-corrected chi connectivity index (χ4v) is 2.10. The Morgan fingerprint density at radius 1 is 1.56 bits per heavy atom. The lowest BCUT2D eigenvalue weighted by Gasteiger charge is -2.12. The van der Waals surface area contributed by atoms with E-state index in [-0.39, 0.29) is 6.54 Å². The van der Waals surface area contributed by atoms with E-state index in [9.17, 15) is 4.79 Å². The number of hydrogen-bond acceptors (Lipinski definition) is 3. The van der Waals surface area contributed by atoms with Crippen molar-refractivity contribution in [1.82, 2.24) is 4.98 Å². The van der Waals surface area contributed by atoms with Crippen LogP contribution in [0.2, 0.25) is 0 Å². The minimum absolute atomic E-state index is 0.0630. The predicted molar refractivity (Wildman–Crippen MR) is 69.0 cm³/mol. The van der Waals surface area contributed by atoms with Crippen molar-refractivity contribution in [1.29, 1.82) is 0 Å².